The van der Waals surface area contributed by atoms with Crippen LogP contribution in [0.4, 0.5) is 5.69 Å². The van der Waals surface area contributed by atoms with Crippen molar-refractivity contribution in [2.45, 2.75) is 32.7 Å². The van der Waals surface area contributed by atoms with E-state index in [2.05, 4.69) is 60.2 Å². The SMILES string of the molecule is COc1ccccc1NC(=S)N1CCN(Cc2ccc(C(C)(C)C)cc2)CC1. The van der Waals surface area contributed by atoms with E-state index in [-0.39, 0.29) is 5.41 Å². The van der Waals surface area contributed by atoms with Crippen LogP contribution in [0.2, 0.25) is 0 Å². The molecule has 3 rings (SSSR count). The molecular formula is C23H31N3OS. The highest BCUT2D eigenvalue weighted by molar-refractivity contribution is 7.80. The molecule has 28 heavy (non-hydrogen) atoms. The Morgan fingerprint density at radius 2 is 1.64 bits per heavy atom. The summed E-state index contributed by atoms with van der Waals surface area (Å²) in [5, 5.41) is 4.09. The Morgan fingerprint density at radius 3 is 2.25 bits per heavy atom. The molecular weight excluding hydrogens is 366 g/mol. The van der Waals surface area contributed by atoms with Gasteiger partial charge < -0.3 is 15.0 Å². The molecule has 1 heterocycles. The Balaban J connectivity index is 1.51. The predicted octanol–water partition coefficient (Wildman–Crippen LogP) is 4.51. The summed E-state index contributed by atoms with van der Waals surface area (Å²) in [6, 6.07) is 16.9. The average Bonchev–Trinajstić information content (AvgIpc) is 2.68. The first-order valence-electron chi connectivity index (χ1n) is 9.87. The van der Waals surface area contributed by atoms with Crippen LogP contribution in [0.5, 0.6) is 5.75 Å². The van der Waals surface area contributed by atoms with Crippen LogP contribution in [0.3, 0.4) is 0 Å². The predicted molar refractivity (Wildman–Crippen MR) is 121 cm³/mol. The summed E-state index contributed by atoms with van der Waals surface area (Å²) < 4.78 is 5.40. The molecule has 0 atom stereocenters. The zero-order chi connectivity index (χ0) is 20.1. The van der Waals surface area contributed by atoms with Gasteiger partial charge in [-0.15, -0.1) is 0 Å². The van der Waals surface area contributed by atoms with E-state index < -0.39 is 0 Å². The van der Waals surface area contributed by atoms with Gasteiger partial charge in [0.15, 0.2) is 5.11 Å². The lowest BCUT2D eigenvalue weighted by Gasteiger charge is -2.36. The molecule has 1 aliphatic rings. The topological polar surface area (TPSA) is 27.7 Å². The monoisotopic (exact) mass is 397 g/mol. The zero-order valence-corrected chi connectivity index (χ0v) is 18.2. The number of nitrogens with one attached hydrogen (secondary N) is 1. The van der Waals surface area contributed by atoms with E-state index in [1.807, 2.05) is 24.3 Å². The maximum absolute atomic E-state index is 5.62. The van der Waals surface area contributed by atoms with Gasteiger partial charge in [-0.05, 0) is 40.9 Å². The normalized spacial score (nSPS) is 15.4. The van der Waals surface area contributed by atoms with Crippen LogP contribution in [0.25, 0.3) is 0 Å². The molecule has 0 bridgehead atoms. The summed E-state index contributed by atoms with van der Waals surface area (Å²) >= 11 is 5.62. The number of hydrogen-bond acceptors (Lipinski definition) is 3. The summed E-state index contributed by atoms with van der Waals surface area (Å²) in [5.74, 6) is 0.808. The lowest BCUT2D eigenvalue weighted by Crippen LogP contribution is -2.49. The molecule has 0 spiro atoms. The maximum atomic E-state index is 5.62. The largest absolute Gasteiger partial charge is 0.495 e. The molecule has 0 saturated carbocycles. The van der Waals surface area contributed by atoms with E-state index in [4.69, 9.17) is 17.0 Å². The summed E-state index contributed by atoms with van der Waals surface area (Å²) in [6.45, 7) is 11.6. The van der Waals surface area contributed by atoms with Gasteiger partial charge in [-0.3, -0.25) is 4.90 Å². The Labute approximate surface area is 174 Å². The number of anilines is 1. The molecule has 1 fully saturated rings. The first-order chi connectivity index (χ1) is 13.4. The second kappa shape index (κ2) is 8.93. The van der Waals surface area contributed by atoms with Gasteiger partial charge in [0.25, 0.3) is 0 Å². The van der Waals surface area contributed by atoms with E-state index in [9.17, 15) is 0 Å². The van der Waals surface area contributed by atoms with Gasteiger partial charge in [0.1, 0.15) is 5.75 Å². The summed E-state index contributed by atoms with van der Waals surface area (Å²) in [7, 11) is 1.68. The average molecular weight is 398 g/mol. The van der Waals surface area contributed by atoms with Gasteiger partial charge in [-0.2, -0.15) is 0 Å². The van der Waals surface area contributed by atoms with Crippen LogP contribution >= 0.6 is 12.2 Å². The number of hydrogen-bond donors (Lipinski definition) is 1. The number of benzene rings is 2. The number of nitrogens with zero attached hydrogens (tertiary/aromatic N) is 2. The lowest BCUT2D eigenvalue weighted by atomic mass is 9.87. The number of para-hydroxylation sites is 2. The Hall–Kier alpha value is -2.11. The lowest BCUT2D eigenvalue weighted by molar-refractivity contribution is 0.177. The highest BCUT2D eigenvalue weighted by atomic mass is 32.1. The smallest absolute Gasteiger partial charge is 0.173 e. The van der Waals surface area contributed by atoms with E-state index in [1.165, 1.54) is 11.1 Å². The second-order valence-electron chi connectivity index (χ2n) is 8.34. The molecule has 4 nitrogen and oxygen atoms in total. The number of ether oxygens (including phenoxy) is 1. The van der Waals surface area contributed by atoms with Gasteiger partial charge in [0, 0.05) is 32.7 Å². The third kappa shape index (κ3) is 5.24. The molecule has 1 aliphatic heterocycles. The van der Waals surface area contributed by atoms with Crippen LogP contribution < -0.4 is 10.1 Å². The van der Waals surface area contributed by atoms with Gasteiger partial charge in [0.2, 0.25) is 0 Å². The first-order valence-corrected chi connectivity index (χ1v) is 10.3. The molecule has 0 unspecified atom stereocenters. The molecule has 2 aromatic carbocycles. The number of rotatable bonds is 4. The fraction of sp³-hybridized carbons (Fsp3) is 0.435. The number of piperazine rings is 1. The second-order valence-corrected chi connectivity index (χ2v) is 8.73. The third-order valence-electron chi connectivity index (χ3n) is 5.23. The third-order valence-corrected chi connectivity index (χ3v) is 5.59. The van der Waals surface area contributed by atoms with Gasteiger partial charge in [-0.25, -0.2) is 0 Å². The van der Waals surface area contributed by atoms with Crippen molar-refractivity contribution >= 4 is 23.0 Å². The van der Waals surface area contributed by atoms with Gasteiger partial charge in [-0.1, -0.05) is 57.2 Å². The zero-order valence-electron chi connectivity index (χ0n) is 17.4. The van der Waals surface area contributed by atoms with Crippen LogP contribution in [-0.2, 0) is 12.0 Å². The number of methoxy groups -OCH3 is 1. The standard InChI is InChI=1S/C23H31N3OS/c1-23(2,3)19-11-9-18(10-12-19)17-25-13-15-26(16-14-25)22(28)24-20-7-5-6-8-21(20)27-4/h5-12H,13-17H2,1-4H3,(H,24,28). The molecule has 150 valence electrons. The van der Waals surface area contributed by atoms with Crippen LogP contribution in [-0.4, -0.2) is 48.2 Å². The molecule has 2 aromatic rings. The van der Waals surface area contributed by atoms with Crippen molar-refractivity contribution in [2.24, 2.45) is 0 Å². The highest BCUT2D eigenvalue weighted by Gasteiger charge is 2.20. The molecule has 0 aromatic heterocycles. The minimum Gasteiger partial charge on any atom is -0.495 e. The van der Waals surface area contributed by atoms with E-state index in [1.54, 1.807) is 7.11 Å². The van der Waals surface area contributed by atoms with Crippen molar-refractivity contribution in [1.29, 1.82) is 0 Å². The quantitative estimate of drug-likeness (QED) is 0.767. The Morgan fingerprint density at radius 1 is 1.00 bits per heavy atom. The summed E-state index contributed by atoms with van der Waals surface area (Å²) in [6.07, 6.45) is 0. The van der Waals surface area contributed by atoms with E-state index in [0.717, 1.165) is 49.3 Å². The van der Waals surface area contributed by atoms with Crippen molar-refractivity contribution in [3.8, 4) is 5.75 Å². The Kier molecular flexibility index (Phi) is 6.57. The maximum Gasteiger partial charge on any atom is 0.173 e. The molecule has 0 amide bonds. The van der Waals surface area contributed by atoms with Crippen LogP contribution in [0.15, 0.2) is 48.5 Å². The van der Waals surface area contributed by atoms with Crippen LogP contribution in [0.1, 0.15) is 31.9 Å². The molecule has 0 aliphatic carbocycles. The van der Waals surface area contributed by atoms with Gasteiger partial charge >= 0.3 is 0 Å². The van der Waals surface area contributed by atoms with Gasteiger partial charge in [0.05, 0.1) is 12.8 Å². The van der Waals surface area contributed by atoms with E-state index >= 15 is 0 Å². The van der Waals surface area contributed by atoms with Crippen molar-refractivity contribution in [1.82, 2.24) is 9.80 Å². The molecule has 1 N–H and O–H groups in total. The summed E-state index contributed by atoms with van der Waals surface area (Å²) in [5.41, 5.74) is 3.87. The molecule has 0 radical (unpaired) electrons. The molecule has 1 saturated heterocycles. The first kappa shape index (κ1) is 20.6. The fourth-order valence-electron chi connectivity index (χ4n) is 3.42. The van der Waals surface area contributed by atoms with Crippen molar-refractivity contribution < 1.29 is 4.74 Å². The minimum atomic E-state index is 0.203. The van der Waals surface area contributed by atoms with Crippen LogP contribution in [0, 0.1) is 0 Å². The molecule has 5 heteroatoms. The van der Waals surface area contributed by atoms with Crippen molar-refractivity contribution in [2.75, 3.05) is 38.6 Å². The highest BCUT2D eigenvalue weighted by Crippen LogP contribution is 2.24. The number of thiocarbonyl (C=S) groups is 1. The Bertz CT molecular complexity index is 790. The fourth-order valence-corrected chi connectivity index (χ4v) is 3.71. The minimum absolute atomic E-state index is 0.203. The van der Waals surface area contributed by atoms with Crippen molar-refractivity contribution in [3.63, 3.8) is 0 Å². The van der Waals surface area contributed by atoms with E-state index in [0.29, 0.717) is 0 Å². The summed E-state index contributed by atoms with van der Waals surface area (Å²) in [4.78, 5) is 4.73. The van der Waals surface area contributed by atoms with Crippen molar-refractivity contribution in [3.05, 3.63) is 59.7 Å².